The molecule has 38 heavy (non-hydrogen) atoms. The summed E-state index contributed by atoms with van der Waals surface area (Å²) >= 11 is 2.70. The number of nitrogens with zero attached hydrogens (tertiary/aromatic N) is 2. The number of aromatic nitrogens is 2. The molecule has 0 saturated carbocycles. The number of thiophene rings is 1. The van der Waals surface area contributed by atoms with Gasteiger partial charge >= 0.3 is 17.6 Å². The van der Waals surface area contributed by atoms with E-state index in [0.717, 1.165) is 15.0 Å². The molecule has 1 N–H and O–H groups in total. The predicted octanol–water partition coefficient (Wildman–Crippen LogP) is 3.86. The summed E-state index contributed by atoms with van der Waals surface area (Å²) in [4.78, 5) is 53.5. The molecule has 0 bridgehead atoms. The Morgan fingerprint density at radius 1 is 1.05 bits per heavy atom. The lowest BCUT2D eigenvalue weighted by atomic mass is 10.0. The molecule has 0 aliphatic rings. The van der Waals surface area contributed by atoms with E-state index >= 15 is 0 Å². The highest BCUT2D eigenvalue weighted by Gasteiger charge is 2.25. The van der Waals surface area contributed by atoms with Gasteiger partial charge < -0.3 is 14.6 Å². The van der Waals surface area contributed by atoms with E-state index in [1.54, 1.807) is 38.3 Å². The third-order valence-corrected chi connectivity index (χ3v) is 8.09. The molecule has 0 atom stereocenters. The molecular weight excluding hydrogens is 528 g/mol. The predicted molar refractivity (Wildman–Crippen MR) is 148 cm³/mol. The van der Waals surface area contributed by atoms with Crippen molar-refractivity contribution < 1.29 is 24.2 Å². The molecule has 0 saturated heterocycles. The zero-order chi connectivity index (χ0) is 27.4. The van der Waals surface area contributed by atoms with Crippen LogP contribution in [0.4, 0.5) is 0 Å². The van der Waals surface area contributed by atoms with Crippen LogP contribution in [-0.4, -0.2) is 46.2 Å². The molecule has 0 unspecified atom stereocenters. The van der Waals surface area contributed by atoms with Crippen molar-refractivity contribution in [2.75, 3.05) is 20.0 Å². The van der Waals surface area contributed by atoms with Gasteiger partial charge in [0.1, 0.15) is 17.1 Å². The second kappa shape index (κ2) is 11.7. The average molecular weight is 555 g/mol. The monoisotopic (exact) mass is 554 g/mol. The van der Waals surface area contributed by atoms with Gasteiger partial charge in [-0.1, -0.05) is 18.2 Å². The summed E-state index contributed by atoms with van der Waals surface area (Å²) in [7, 11) is 1.54. The minimum absolute atomic E-state index is 0.0927. The van der Waals surface area contributed by atoms with Crippen molar-refractivity contribution in [3.05, 3.63) is 80.5 Å². The quantitative estimate of drug-likeness (QED) is 0.232. The molecule has 4 aromatic rings. The van der Waals surface area contributed by atoms with Gasteiger partial charge in [0, 0.05) is 9.77 Å². The lowest BCUT2D eigenvalue weighted by Crippen LogP contribution is -2.42. The summed E-state index contributed by atoms with van der Waals surface area (Å²) in [5.41, 5.74) is 0.430. The molecule has 2 aromatic carbocycles. The van der Waals surface area contributed by atoms with Crippen molar-refractivity contribution in [3.8, 4) is 16.2 Å². The van der Waals surface area contributed by atoms with Gasteiger partial charge in [-0.25, -0.2) is 9.36 Å². The van der Waals surface area contributed by atoms with Crippen LogP contribution in [0.2, 0.25) is 0 Å². The Hall–Kier alpha value is -3.83. The molecule has 0 spiro atoms. The molecule has 0 amide bonds. The highest BCUT2D eigenvalue weighted by atomic mass is 32.2. The van der Waals surface area contributed by atoms with Crippen LogP contribution in [0.1, 0.15) is 18.1 Å². The highest BCUT2D eigenvalue weighted by Crippen LogP contribution is 2.38. The number of aliphatic carboxylic acids is 1. The molecule has 0 aliphatic carbocycles. The van der Waals surface area contributed by atoms with Crippen LogP contribution in [-0.2, 0) is 33.8 Å². The third-order valence-electron chi connectivity index (χ3n) is 5.95. The second-order valence-electron chi connectivity index (χ2n) is 8.27. The first-order chi connectivity index (χ1) is 18.3. The molecular formula is C27H26N2O7S2. The first-order valence-electron chi connectivity index (χ1n) is 11.7. The number of rotatable bonds is 10. The number of thioether (sulfide) groups is 1. The topological polar surface area (TPSA) is 117 Å². The number of carboxylic acid groups (broad SMARTS) is 1. The maximum absolute atomic E-state index is 13.7. The zero-order valence-electron chi connectivity index (χ0n) is 21.1. The van der Waals surface area contributed by atoms with E-state index in [1.165, 1.54) is 27.7 Å². The number of carboxylic acids is 1. The molecule has 2 aromatic heterocycles. The van der Waals surface area contributed by atoms with Crippen LogP contribution in [0, 0.1) is 0 Å². The average Bonchev–Trinajstić information content (AvgIpc) is 3.27. The number of carbonyl (C=O) groups excluding carboxylic acids is 1. The molecule has 11 heteroatoms. The van der Waals surface area contributed by atoms with Crippen LogP contribution in [0.25, 0.3) is 20.7 Å². The van der Waals surface area contributed by atoms with Gasteiger partial charge in [-0.2, -0.15) is 0 Å². The number of carbonyl (C=O) groups is 2. The van der Waals surface area contributed by atoms with E-state index in [-0.39, 0.29) is 24.1 Å². The van der Waals surface area contributed by atoms with Crippen molar-refractivity contribution in [2.24, 2.45) is 0 Å². The fraction of sp³-hybridized carbons (Fsp3) is 0.259. The molecule has 0 aliphatic heterocycles. The lowest BCUT2D eigenvalue weighted by molar-refractivity contribution is -0.144. The van der Waals surface area contributed by atoms with Gasteiger partial charge in [0.2, 0.25) is 0 Å². The largest absolute Gasteiger partial charge is 0.497 e. The minimum atomic E-state index is -1.12. The van der Waals surface area contributed by atoms with E-state index in [2.05, 4.69) is 0 Å². The van der Waals surface area contributed by atoms with Crippen molar-refractivity contribution in [1.82, 2.24) is 9.13 Å². The summed E-state index contributed by atoms with van der Waals surface area (Å²) in [6.07, 6.45) is 1.49. The van der Waals surface area contributed by atoms with Gasteiger partial charge in [-0.3, -0.25) is 19.0 Å². The van der Waals surface area contributed by atoms with Gasteiger partial charge in [-0.15, -0.1) is 23.1 Å². The summed E-state index contributed by atoms with van der Waals surface area (Å²) in [5, 5.41) is 9.84. The maximum atomic E-state index is 13.7. The Morgan fingerprint density at radius 3 is 2.39 bits per heavy atom. The van der Waals surface area contributed by atoms with Crippen molar-refractivity contribution >= 4 is 45.3 Å². The highest BCUT2D eigenvalue weighted by molar-refractivity contribution is 7.98. The molecule has 9 nitrogen and oxygen atoms in total. The normalized spacial score (nSPS) is 11.0. The van der Waals surface area contributed by atoms with Gasteiger partial charge in [0.25, 0.3) is 5.56 Å². The number of esters is 1. The number of fused-ring (bicyclic) bond motifs is 1. The molecule has 0 radical (unpaired) electrons. The zero-order valence-corrected chi connectivity index (χ0v) is 22.7. The second-order valence-corrected chi connectivity index (χ2v) is 10.1. The van der Waals surface area contributed by atoms with E-state index in [9.17, 15) is 24.3 Å². The Kier molecular flexibility index (Phi) is 8.38. The fourth-order valence-corrected chi connectivity index (χ4v) is 6.15. The Labute approximate surface area is 226 Å². The van der Waals surface area contributed by atoms with Crippen LogP contribution in [0.5, 0.6) is 5.75 Å². The van der Waals surface area contributed by atoms with Crippen molar-refractivity contribution in [2.45, 2.75) is 31.3 Å². The summed E-state index contributed by atoms with van der Waals surface area (Å²) in [5.74, 6) is -1.23. The summed E-state index contributed by atoms with van der Waals surface area (Å²) < 4.78 is 12.5. The minimum Gasteiger partial charge on any atom is -0.497 e. The maximum Gasteiger partial charge on any atom is 0.332 e. The van der Waals surface area contributed by atoms with E-state index < -0.39 is 36.2 Å². The summed E-state index contributed by atoms with van der Waals surface area (Å²) in [6, 6.07) is 14.6. The lowest BCUT2D eigenvalue weighted by Gasteiger charge is -2.14. The Bertz CT molecular complexity index is 1620. The van der Waals surface area contributed by atoms with E-state index in [1.807, 2.05) is 30.5 Å². The number of benzene rings is 2. The van der Waals surface area contributed by atoms with E-state index in [4.69, 9.17) is 9.47 Å². The van der Waals surface area contributed by atoms with Crippen LogP contribution >= 0.6 is 23.1 Å². The SMILES string of the molecule is CCOC(=O)Cn1c(=O)c2c(CC(=O)O)c(-c3ccc(OC)cc3)sc2n(Cc2ccccc2SC)c1=O. The standard InChI is InChI=1S/C27H26N2O7S2/c1-4-36-22(32)15-28-25(33)23-19(13-21(30)31)24(16-9-11-18(35-2)12-10-16)38-26(23)29(27(28)34)14-17-7-5-6-8-20(17)37-3/h5-12H,4,13-15H2,1-3H3,(H,30,31). The Morgan fingerprint density at radius 2 is 1.76 bits per heavy atom. The molecule has 0 fully saturated rings. The number of hydrogen-bond donors (Lipinski definition) is 1. The molecule has 198 valence electrons. The van der Waals surface area contributed by atoms with Crippen molar-refractivity contribution in [3.63, 3.8) is 0 Å². The fourth-order valence-electron chi connectivity index (χ4n) is 4.23. The first kappa shape index (κ1) is 27.2. The third kappa shape index (κ3) is 5.39. The molecule has 2 heterocycles. The molecule has 4 rings (SSSR count). The Balaban J connectivity index is 2.06. The van der Waals surface area contributed by atoms with Crippen LogP contribution in [0.15, 0.2) is 63.0 Å². The smallest absolute Gasteiger partial charge is 0.332 e. The van der Waals surface area contributed by atoms with Gasteiger partial charge in [0.15, 0.2) is 0 Å². The number of methoxy groups -OCH3 is 1. The van der Waals surface area contributed by atoms with Gasteiger partial charge in [0.05, 0.1) is 32.1 Å². The van der Waals surface area contributed by atoms with Crippen molar-refractivity contribution in [1.29, 1.82) is 0 Å². The van der Waals surface area contributed by atoms with Crippen LogP contribution in [0.3, 0.4) is 0 Å². The first-order valence-corrected chi connectivity index (χ1v) is 13.8. The van der Waals surface area contributed by atoms with Gasteiger partial charge in [-0.05, 0) is 60.2 Å². The number of hydrogen-bond acceptors (Lipinski definition) is 8. The van der Waals surface area contributed by atoms with E-state index in [0.29, 0.717) is 21.0 Å². The summed E-state index contributed by atoms with van der Waals surface area (Å²) in [6.45, 7) is 1.28. The van der Waals surface area contributed by atoms with Crippen LogP contribution < -0.4 is 16.0 Å². The number of ether oxygens (including phenoxy) is 2.